The first-order valence-corrected chi connectivity index (χ1v) is 6.25. The molecule has 0 saturated heterocycles. The molecule has 0 saturated carbocycles. The molecule has 0 spiro atoms. The number of rotatable bonds is 1. The van der Waals surface area contributed by atoms with E-state index in [9.17, 15) is 26.3 Å². The molecule has 0 radical (unpaired) electrons. The van der Waals surface area contributed by atoms with Gasteiger partial charge in [0.1, 0.15) is 0 Å². The zero-order valence-corrected chi connectivity index (χ0v) is 11.4. The number of aromatic nitrogens is 4. The number of aryl methyl sites for hydroxylation is 1. The minimum absolute atomic E-state index is 0.0771. The quantitative estimate of drug-likeness (QED) is 0.681. The Labute approximate surface area is 124 Å². The van der Waals surface area contributed by atoms with E-state index in [1.165, 1.54) is 18.3 Å². The van der Waals surface area contributed by atoms with Crippen molar-refractivity contribution >= 4 is 10.9 Å². The SMILES string of the molecule is Cc1cc(-n2cc(C(F)(F)F)nc2C(F)(F)F)cc2cn[nH]c12. The van der Waals surface area contributed by atoms with Crippen LogP contribution in [0.25, 0.3) is 16.6 Å². The third-order valence-electron chi connectivity index (χ3n) is 3.26. The maximum atomic E-state index is 13.0. The van der Waals surface area contributed by atoms with E-state index in [1.54, 1.807) is 6.92 Å². The summed E-state index contributed by atoms with van der Waals surface area (Å²) >= 11 is 0. The summed E-state index contributed by atoms with van der Waals surface area (Å²) in [6.45, 7) is 1.61. The van der Waals surface area contributed by atoms with Gasteiger partial charge in [0, 0.05) is 17.3 Å². The van der Waals surface area contributed by atoms with E-state index >= 15 is 0 Å². The Hall–Kier alpha value is -2.52. The molecule has 10 heteroatoms. The smallest absolute Gasteiger partial charge is 0.296 e. The lowest BCUT2D eigenvalue weighted by Crippen LogP contribution is -2.14. The zero-order chi connectivity index (χ0) is 17.0. The Kier molecular flexibility index (Phi) is 3.17. The van der Waals surface area contributed by atoms with E-state index in [2.05, 4.69) is 15.2 Å². The summed E-state index contributed by atoms with van der Waals surface area (Å²) < 4.78 is 77.6. The number of aromatic amines is 1. The number of halogens is 6. The van der Waals surface area contributed by atoms with Gasteiger partial charge in [0.15, 0.2) is 5.69 Å². The van der Waals surface area contributed by atoms with E-state index in [0.717, 1.165) is 0 Å². The predicted molar refractivity (Wildman–Crippen MR) is 68.0 cm³/mol. The van der Waals surface area contributed by atoms with Crippen molar-refractivity contribution in [3.8, 4) is 5.69 Å². The standard InChI is InChI=1S/C13H8F6N4/c1-6-2-8(3-7-4-20-22-10(6)7)23-5-9(12(14,15)16)21-11(23)13(17,18)19/h2-5H,1H3,(H,20,22). The van der Waals surface area contributed by atoms with Crippen molar-refractivity contribution < 1.29 is 26.3 Å². The molecule has 0 aliphatic heterocycles. The monoisotopic (exact) mass is 334 g/mol. The van der Waals surface area contributed by atoms with Gasteiger partial charge in [-0.3, -0.25) is 9.67 Å². The lowest BCUT2D eigenvalue weighted by molar-refractivity contribution is -0.150. The average molecular weight is 334 g/mol. The molecule has 2 aromatic heterocycles. The van der Waals surface area contributed by atoms with Gasteiger partial charge in [0.2, 0.25) is 5.82 Å². The fraction of sp³-hybridized carbons (Fsp3) is 0.231. The van der Waals surface area contributed by atoms with Crippen molar-refractivity contribution in [3.05, 3.63) is 41.6 Å². The molecule has 2 heterocycles. The van der Waals surface area contributed by atoms with Crippen LogP contribution in [-0.2, 0) is 12.4 Å². The third-order valence-corrected chi connectivity index (χ3v) is 3.26. The first-order valence-electron chi connectivity index (χ1n) is 6.25. The molecule has 122 valence electrons. The van der Waals surface area contributed by atoms with Crippen molar-refractivity contribution in [2.24, 2.45) is 0 Å². The molecule has 1 N–H and O–H groups in total. The van der Waals surface area contributed by atoms with Crippen LogP contribution in [0.3, 0.4) is 0 Å². The van der Waals surface area contributed by atoms with Crippen molar-refractivity contribution in [2.75, 3.05) is 0 Å². The maximum Gasteiger partial charge on any atom is 0.450 e. The van der Waals surface area contributed by atoms with Crippen molar-refractivity contribution in [3.63, 3.8) is 0 Å². The summed E-state index contributed by atoms with van der Waals surface area (Å²) in [6.07, 6.45) is -8.28. The number of H-pyrrole nitrogens is 1. The fourth-order valence-corrected chi connectivity index (χ4v) is 2.27. The molecule has 0 atom stereocenters. The second-order valence-corrected chi connectivity index (χ2v) is 4.91. The van der Waals surface area contributed by atoms with Gasteiger partial charge in [-0.1, -0.05) is 0 Å². The normalized spacial score (nSPS) is 13.0. The molecule has 0 fully saturated rings. The molecule has 23 heavy (non-hydrogen) atoms. The molecule has 3 aromatic rings. The number of imidazole rings is 1. The molecule has 0 amide bonds. The van der Waals surface area contributed by atoms with Crippen molar-refractivity contribution in [1.82, 2.24) is 19.7 Å². The van der Waals surface area contributed by atoms with Crippen molar-refractivity contribution in [1.29, 1.82) is 0 Å². The van der Waals surface area contributed by atoms with Gasteiger partial charge in [0.05, 0.1) is 11.7 Å². The van der Waals surface area contributed by atoms with Gasteiger partial charge in [-0.05, 0) is 24.6 Å². The summed E-state index contributed by atoms with van der Waals surface area (Å²) in [5, 5.41) is 6.91. The Morgan fingerprint density at radius 2 is 1.74 bits per heavy atom. The lowest BCUT2D eigenvalue weighted by atomic mass is 10.1. The molecule has 0 aliphatic carbocycles. The van der Waals surface area contributed by atoms with E-state index in [-0.39, 0.29) is 5.69 Å². The van der Waals surface area contributed by atoms with E-state index < -0.39 is 23.9 Å². The van der Waals surface area contributed by atoms with Crippen LogP contribution in [0, 0.1) is 6.92 Å². The van der Waals surface area contributed by atoms with Crippen LogP contribution in [0.4, 0.5) is 26.3 Å². The second-order valence-electron chi connectivity index (χ2n) is 4.91. The summed E-state index contributed by atoms with van der Waals surface area (Å²) in [6, 6.07) is 2.64. The predicted octanol–water partition coefficient (Wildman–Crippen LogP) is 4.09. The molecule has 4 nitrogen and oxygen atoms in total. The Bertz CT molecular complexity index is 871. The molecular formula is C13H8F6N4. The Morgan fingerprint density at radius 3 is 2.35 bits per heavy atom. The number of hydrogen-bond acceptors (Lipinski definition) is 2. The molecule has 0 bridgehead atoms. The minimum atomic E-state index is -5.03. The van der Waals surface area contributed by atoms with Gasteiger partial charge in [-0.15, -0.1) is 0 Å². The number of nitrogens with one attached hydrogen (secondary N) is 1. The number of benzene rings is 1. The van der Waals surface area contributed by atoms with E-state index in [4.69, 9.17) is 0 Å². The highest BCUT2D eigenvalue weighted by Gasteiger charge is 2.42. The van der Waals surface area contributed by atoms with Gasteiger partial charge in [0.25, 0.3) is 0 Å². The van der Waals surface area contributed by atoms with Crippen LogP contribution in [0.2, 0.25) is 0 Å². The summed E-state index contributed by atoms with van der Waals surface area (Å²) in [5.74, 6) is -1.63. The topological polar surface area (TPSA) is 46.5 Å². The number of hydrogen-bond donors (Lipinski definition) is 1. The Morgan fingerprint density at radius 1 is 1.04 bits per heavy atom. The van der Waals surface area contributed by atoms with Crippen molar-refractivity contribution in [2.45, 2.75) is 19.3 Å². The minimum Gasteiger partial charge on any atom is -0.296 e. The summed E-state index contributed by atoms with van der Waals surface area (Å²) in [5.41, 5.74) is -0.537. The van der Waals surface area contributed by atoms with Crippen LogP contribution in [0.1, 0.15) is 17.1 Å². The van der Waals surface area contributed by atoms with Crippen LogP contribution in [0.15, 0.2) is 24.5 Å². The molecule has 0 aliphatic rings. The van der Waals surface area contributed by atoms with Crippen LogP contribution >= 0.6 is 0 Å². The lowest BCUT2D eigenvalue weighted by Gasteiger charge is -2.11. The molecular weight excluding hydrogens is 326 g/mol. The highest BCUT2D eigenvalue weighted by molar-refractivity contribution is 5.83. The third kappa shape index (κ3) is 2.64. The average Bonchev–Trinajstić information content (AvgIpc) is 3.03. The van der Waals surface area contributed by atoms with Gasteiger partial charge in [-0.2, -0.15) is 31.4 Å². The van der Waals surface area contributed by atoms with Gasteiger partial charge < -0.3 is 0 Å². The van der Waals surface area contributed by atoms with Crippen LogP contribution in [-0.4, -0.2) is 19.7 Å². The second kappa shape index (κ2) is 4.74. The van der Waals surface area contributed by atoms with E-state index in [1.807, 2.05) is 0 Å². The maximum absolute atomic E-state index is 13.0. The Balaban J connectivity index is 2.26. The van der Waals surface area contributed by atoms with Crippen LogP contribution in [0.5, 0.6) is 0 Å². The molecule has 0 unspecified atom stereocenters. The number of nitrogens with zero attached hydrogens (tertiary/aromatic N) is 3. The van der Waals surface area contributed by atoms with Crippen LogP contribution < -0.4 is 0 Å². The molecule has 1 aromatic carbocycles. The highest BCUT2D eigenvalue weighted by Crippen LogP contribution is 2.36. The fourth-order valence-electron chi connectivity index (χ4n) is 2.27. The number of alkyl halides is 6. The highest BCUT2D eigenvalue weighted by atomic mass is 19.4. The van der Waals surface area contributed by atoms with Gasteiger partial charge >= 0.3 is 12.4 Å². The van der Waals surface area contributed by atoms with E-state index in [0.29, 0.717) is 27.2 Å². The summed E-state index contributed by atoms with van der Waals surface area (Å²) in [4.78, 5) is 2.72. The molecule has 3 rings (SSSR count). The summed E-state index contributed by atoms with van der Waals surface area (Å²) in [7, 11) is 0. The first kappa shape index (κ1) is 15.4. The number of fused-ring (bicyclic) bond motifs is 1. The van der Waals surface area contributed by atoms with Gasteiger partial charge in [-0.25, -0.2) is 4.98 Å². The zero-order valence-electron chi connectivity index (χ0n) is 11.4. The first-order chi connectivity index (χ1) is 10.6. The largest absolute Gasteiger partial charge is 0.450 e.